The molecular weight excluding hydrogens is 312 g/mol. The number of hydrogen-bond acceptors (Lipinski definition) is 3. The van der Waals surface area contributed by atoms with Gasteiger partial charge in [-0.3, -0.25) is 4.79 Å². The number of halogens is 1. The molecule has 5 heteroatoms. The van der Waals surface area contributed by atoms with Crippen molar-refractivity contribution in [3.05, 3.63) is 22.2 Å². The Morgan fingerprint density at radius 2 is 1.95 bits per heavy atom. The molecule has 4 nitrogen and oxygen atoms in total. The van der Waals surface area contributed by atoms with Crippen LogP contribution in [0.1, 0.15) is 31.2 Å². The molecule has 0 heterocycles. The van der Waals surface area contributed by atoms with E-state index in [1.807, 2.05) is 12.1 Å². The molecule has 0 radical (unpaired) electrons. The van der Waals surface area contributed by atoms with Gasteiger partial charge in [-0.2, -0.15) is 0 Å². The van der Waals surface area contributed by atoms with Crippen LogP contribution in [0, 0.1) is 0 Å². The van der Waals surface area contributed by atoms with Gasteiger partial charge in [0.1, 0.15) is 11.5 Å². The first-order chi connectivity index (χ1) is 9.08. The van der Waals surface area contributed by atoms with Gasteiger partial charge in [-0.15, -0.1) is 0 Å². The number of aliphatic carboxylic acids is 1. The maximum atomic E-state index is 10.4. The third kappa shape index (κ3) is 5.11. The Balaban J connectivity index is 2.59. The summed E-state index contributed by atoms with van der Waals surface area (Å²) in [4.78, 5) is 10.4. The normalized spacial score (nSPS) is 10.3. The first-order valence-electron chi connectivity index (χ1n) is 6.20. The van der Waals surface area contributed by atoms with Gasteiger partial charge in [0.05, 0.1) is 14.2 Å². The van der Waals surface area contributed by atoms with Gasteiger partial charge in [-0.25, -0.2) is 0 Å². The lowest BCUT2D eigenvalue weighted by Gasteiger charge is -2.12. The van der Waals surface area contributed by atoms with E-state index in [0.29, 0.717) is 6.42 Å². The molecule has 0 amide bonds. The van der Waals surface area contributed by atoms with Crippen LogP contribution in [0.5, 0.6) is 11.5 Å². The third-order valence-corrected chi connectivity index (χ3v) is 3.61. The van der Waals surface area contributed by atoms with Gasteiger partial charge in [0.2, 0.25) is 0 Å². The molecular formula is C14H19BrO4. The van der Waals surface area contributed by atoms with Crippen molar-refractivity contribution in [1.82, 2.24) is 0 Å². The van der Waals surface area contributed by atoms with Crippen LogP contribution >= 0.6 is 15.9 Å². The monoisotopic (exact) mass is 330 g/mol. The maximum Gasteiger partial charge on any atom is 0.303 e. The Morgan fingerprint density at radius 3 is 2.53 bits per heavy atom. The van der Waals surface area contributed by atoms with Crippen LogP contribution in [0.2, 0.25) is 0 Å². The molecule has 0 bridgehead atoms. The summed E-state index contributed by atoms with van der Waals surface area (Å²) >= 11 is 3.52. The lowest BCUT2D eigenvalue weighted by Crippen LogP contribution is -1.97. The summed E-state index contributed by atoms with van der Waals surface area (Å²) in [7, 11) is 3.25. The fraction of sp³-hybridized carbons (Fsp3) is 0.500. The van der Waals surface area contributed by atoms with E-state index < -0.39 is 5.97 Å². The number of carbonyl (C=O) groups is 1. The smallest absolute Gasteiger partial charge is 0.303 e. The molecule has 0 aliphatic carbocycles. The van der Waals surface area contributed by atoms with Crippen molar-refractivity contribution in [3.8, 4) is 11.5 Å². The Kier molecular flexibility index (Phi) is 6.70. The Bertz CT molecular complexity index is 432. The molecule has 0 unspecified atom stereocenters. The number of ether oxygens (including phenoxy) is 2. The average molecular weight is 331 g/mol. The van der Waals surface area contributed by atoms with Gasteiger partial charge in [-0.05, 0) is 25.3 Å². The zero-order chi connectivity index (χ0) is 14.3. The van der Waals surface area contributed by atoms with Crippen LogP contribution < -0.4 is 9.47 Å². The van der Waals surface area contributed by atoms with Gasteiger partial charge >= 0.3 is 5.97 Å². The SMILES string of the molecule is COc1cc(Br)c(CCCCCC(=O)O)c(OC)c1. The zero-order valence-electron chi connectivity index (χ0n) is 11.2. The zero-order valence-corrected chi connectivity index (χ0v) is 12.8. The average Bonchev–Trinajstić information content (AvgIpc) is 2.38. The minimum absolute atomic E-state index is 0.237. The van der Waals surface area contributed by atoms with Crippen LogP contribution in [0.3, 0.4) is 0 Å². The van der Waals surface area contributed by atoms with E-state index in [0.717, 1.165) is 40.8 Å². The number of methoxy groups -OCH3 is 2. The van der Waals surface area contributed by atoms with Gasteiger partial charge in [-0.1, -0.05) is 22.4 Å². The summed E-state index contributed by atoms with van der Waals surface area (Å²) in [6, 6.07) is 3.77. The maximum absolute atomic E-state index is 10.4. The number of unbranched alkanes of at least 4 members (excludes halogenated alkanes) is 2. The number of rotatable bonds is 8. The van der Waals surface area contributed by atoms with Crippen LogP contribution in [0.15, 0.2) is 16.6 Å². The number of hydrogen-bond donors (Lipinski definition) is 1. The predicted molar refractivity (Wildman–Crippen MR) is 77.1 cm³/mol. The summed E-state index contributed by atoms with van der Waals surface area (Å²) in [6.45, 7) is 0. The molecule has 0 aromatic heterocycles. The van der Waals surface area contributed by atoms with Gasteiger partial charge in [0.25, 0.3) is 0 Å². The summed E-state index contributed by atoms with van der Waals surface area (Å²) in [5.74, 6) is 0.811. The van der Waals surface area contributed by atoms with E-state index in [-0.39, 0.29) is 6.42 Å². The highest BCUT2D eigenvalue weighted by Gasteiger charge is 2.10. The summed E-state index contributed by atoms with van der Waals surface area (Å²) in [5, 5.41) is 8.57. The molecule has 106 valence electrons. The Morgan fingerprint density at radius 1 is 1.21 bits per heavy atom. The largest absolute Gasteiger partial charge is 0.497 e. The van der Waals surface area contributed by atoms with Crippen LogP contribution in [0.25, 0.3) is 0 Å². The highest BCUT2D eigenvalue weighted by atomic mass is 79.9. The standard InChI is InChI=1S/C14H19BrO4/c1-18-10-8-12(15)11(13(9-10)19-2)6-4-3-5-7-14(16)17/h8-9H,3-7H2,1-2H3,(H,16,17). The second-order valence-electron chi connectivity index (χ2n) is 4.24. The van der Waals surface area contributed by atoms with Crippen LogP contribution in [0.4, 0.5) is 0 Å². The van der Waals surface area contributed by atoms with Crippen molar-refractivity contribution in [3.63, 3.8) is 0 Å². The molecule has 1 aromatic carbocycles. The van der Waals surface area contributed by atoms with Gasteiger partial charge < -0.3 is 14.6 Å². The van der Waals surface area contributed by atoms with Crippen LogP contribution in [-0.2, 0) is 11.2 Å². The fourth-order valence-corrected chi connectivity index (χ4v) is 2.50. The van der Waals surface area contributed by atoms with Crippen molar-refractivity contribution in [2.24, 2.45) is 0 Å². The van der Waals surface area contributed by atoms with E-state index in [9.17, 15) is 4.79 Å². The highest BCUT2D eigenvalue weighted by molar-refractivity contribution is 9.10. The van der Waals surface area contributed by atoms with Crippen molar-refractivity contribution in [2.45, 2.75) is 32.1 Å². The van der Waals surface area contributed by atoms with E-state index in [1.54, 1.807) is 14.2 Å². The molecule has 0 aliphatic rings. The first-order valence-corrected chi connectivity index (χ1v) is 7.00. The highest BCUT2D eigenvalue weighted by Crippen LogP contribution is 2.33. The molecule has 0 aliphatic heterocycles. The first kappa shape index (κ1) is 15.8. The van der Waals surface area contributed by atoms with Crippen molar-refractivity contribution >= 4 is 21.9 Å². The molecule has 0 fully saturated rings. The molecule has 1 aromatic rings. The van der Waals surface area contributed by atoms with Crippen molar-refractivity contribution in [2.75, 3.05) is 14.2 Å². The quantitative estimate of drug-likeness (QED) is 0.739. The van der Waals surface area contributed by atoms with Crippen molar-refractivity contribution < 1.29 is 19.4 Å². The molecule has 0 spiro atoms. The molecule has 0 atom stereocenters. The van der Waals surface area contributed by atoms with Crippen LogP contribution in [-0.4, -0.2) is 25.3 Å². The number of benzene rings is 1. The second kappa shape index (κ2) is 8.04. The predicted octanol–water partition coefficient (Wildman–Crippen LogP) is 3.65. The van der Waals surface area contributed by atoms with Crippen molar-refractivity contribution in [1.29, 1.82) is 0 Å². The summed E-state index contributed by atoms with van der Waals surface area (Å²) in [5.41, 5.74) is 1.10. The lowest BCUT2D eigenvalue weighted by atomic mass is 10.0. The Labute approximate surface area is 121 Å². The molecule has 0 saturated carbocycles. The minimum atomic E-state index is -0.733. The fourth-order valence-electron chi connectivity index (χ4n) is 1.89. The topological polar surface area (TPSA) is 55.8 Å². The summed E-state index contributed by atoms with van der Waals surface area (Å²) < 4.78 is 11.5. The van der Waals surface area contributed by atoms with E-state index >= 15 is 0 Å². The molecule has 1 rings (SSSR count). The number of carboxylic acids is 1. The molecule has 1 N–H and O–H groups in total. The number of carboxylic acid groups (broad SMARTS) is 1. The lowest BCUT2D eigenvalue weighted by molar-refractivity contribution is -0.137. The van der Waals surface area contributed by atoms with E-state index in [1.165, 1.54) is 0 Å². The Hall–Kier alpha value is -1.23. The molecule has 0 saturated heterocycles. The molecule has 19 heavy (non-hydrogen) atoms. The second-order valence-corrected chi connectivity index (χ2v) is 5.10. The summed E-state index contributed by atoms with van der Waals surface area (Å²) in [6.07, 6.45) is 3.64. The third-order valence-electron chi connectivity index (χ3n) is 2.90. The van der Waals surface area contributed by atoms with Gasteiger partial charge in [0, 0.05) is 22.5 Å². The van der Waals surface area contributed by atoms with E-state index in [4.69, 9.17) is 14.6 Å². The van der Waals surface area contributed by atoms with E-state index in [2.05, 4.69) is 15.9 Å². The van der Waals surface area contributed by atoms with Gasteiger partial charge in [0.15, 0.2) is 0 Å². The minimum Gasteiger partial charge on any atom is -0.497 e.